The third-order valence-corrected chi connectivity index (χ3v) is 3.52. The molecule has 0 aliphatic carbocycles. The average molecular weight is 300 g/mol. The van der Waals surface area contributed by atoms with Crippen LogP contribution in [-0.4, -0.2) is 5.16 Å². The van der Waals surface area contributed by atoms with Gasteiger partial charge >= 0.3 is 0 Å². The van der Waals surface area contributed by atoms with Gasteiger partial charge in [-0.1, -0.05) is 11.2 Å². The zero-order valence-corrected chi connectivity index (χ0v) is 11.7. The summed E-state index contributed by atoms with van der Waals surface area (Å²) in [5, 5.41) is 4.52. The number of rotatable bonds is 4. The highest BCUT2D eigenvalue weighted by Gasteiger charge is 2.18. The third-order valence-electron chi connectivity index (χ3n) is 3.52. The van der Waals surface area contributed by atoms with E-state index >= 15 is 0 Å². The van der Waals surface area contributed by atoms with E-state index in [1.54, 1.807) is 12.1 Å². The van der Waals surface area contributed by atoms with Crippen LogP contribution >= 0.6 is 0 Å². The van der Waals surface area contributed by atoms with Crippen molar-refractivity contribution in [3.63, 3.8) is 0 Å². The number of aromatic nitrogens is 1. The smallest absolute Gasteiger partial charge is 0.167 e. The molecular weight excluding hydrogens is 286 g/mol. The van der Waals surface area contributed by atoms with Crippen molar-refractivity contribution in [2.24, 2.45) is 5.73 Å². The monoisotopic (exact) mass is 300 g/mol. The lowest BCUT2D eigenvalue weighted by atomic mass is 9.95. The van der Waals surface area contributed by atoms with Crippen molar-refractivity contribution in [2.45, 2.75) is 12.5 Å². The minimum Gasteiger partial charge on any atom is -0.356 e. The van der Waals surface area contributed by atoms with Crippen molar-refractivity contribution in [3.05, 3.63) is 66.3 Å². The molecule has 0 bridgehead atoms. The lowest BCUT2D eigenvalue weighted by Crippen LogP contribution is -2.11. The summed E-state index contributed by atoms with van der Waals surface area (Å²) in [5.41, 5.74) is 8.20. The Balaban J connectivity index is 2.21. The van der Waals surface area contributed by atoms with Crippen LogP contribution in [0.15, 0.2) is 53.6 Å². The van der Waals surface area contributed by atoms with Gasteiger partial charge in [-0.2, -0.15) is 0 Å². The summed E-state index contributed by atoms with van der Waals surface area (Å²) in [4.78, 5) is 0. The van der Waals surface area contributed by atoms with Crippen LogP contribution < -0.4 is 5.73 Å². The first-order valence-corrected chi connectivity index (χ1v) is 6.81. The van der Waals surface area contributed by atoms with Crippen molar-refractivity contribution in [1.82, 2.24) is 5.16 Å². The van der Waals surface area contributed by atoms with Gasteiger partial charge in [0.2, 0.25) is 0 Å². The molecule has 2 aromatic carbocycles. The van der Waals surface area contributed by atoms with Gasteiger partial charge in [0.25, 0.3) is 0 Å². The topological polar surface area (TPSA) is 52.0 Å². The fourth-order valence-electron chi connectivity index (χ4n) is 2.47. The predicted molar refractivity (Wildman–Crippen MR) is 81.1 cm³/mol. The van der Waals surface area contributed by atoms with Gasteiger partial charge in [-0.15, -0.1) is 6.58 Å². The summed E-state index contributed by atoms with van der Waals surface area (Å²) in [5.74, 6) is -0.784. The first kappa shape index (κ1) is 14.4. The quantitative estimate of drug-likeness (QED) is 0.729. The maximum Gasteiger partial charge on any atom is 0.167 e. The molecule has 1 aromatic heterocycles. The van der Waals surface area contributed by atoms with Crippen LogP contribution in [-0.2, 0) is 0 Å². The molecule has 0 aliphatic heterocycles. The SMILES string of the molecule is C=CCC(N)c1cc(F)ccc1-c1noc2ccc(F)cc12. The number of hydrogen-bond acceptors (Lipinski definition) is 3. The van der Waals surface area contributed by atoms with E-state index in [0.717, 1.165) is 0 Å². The van der Waals surface area contributed by atoms with E-state index in [1.807, 2.05) is 0 Å². The Morgan fingerprint density at radius 1 is 1.18 bits per heavy atom. The summed E-state index contributed by atoms with van der Waals surface area (Å²) in [6.45, 7) is 3.65. The molecule has 0 amide bonds. The molecule has 1 heterocycles. The summed E-state index contributed by atoms with van der Waals surface area (Å²) in [7, 11) is 0. The van der Waals surface area contributed by atoms with E-state index in [0.29, 0.717) is 34.2 Å². The zero-order valence-electron chi connectivity index (χ0n) is 11.7. The molecule has 22 heavy (non-hydrogen) atoms. The van der Waals surface area contributed by atoms with Gasteiger partial charge in [0.15, 0.2) is 5.58 Å². The number of nitrogens with two attached hydrogens (primary N) is 1. The summed E-state index contributed by atoms with van der Waals surface area (Å²) < 4.78 is 32.3. The zero-order chi connectivity index (χ0) is 15.7. The number of fused-ring (bicyclic) bond motifs is 1. The molecule has 0 aliphatic rings. The molecule has 3 aromatic rings. The first-order chi connectivity index (χ1) is 10.6. The predicted octanol–water partition coefficient (Wildman–Crippen LogP) is 4.35. The lowest BCUT2D eigenvalue weighted by Gasteiger charge is -2.14. The molecule has 2 N–H and O–H groups in total. The highest BCUT2D eigenvalue weighted by Crippen LogP contribution is 2.34. The van der Waals surface area contributed by atoms with Gasteiger partial charge in [0.05, 0.1) is 5.39 Å². The van der Waals surface area contributed by atoms with Crippen LogP contribution in [0.25, 0.3) is 22.2 Å². The second-order valence-corrected chi connectivity index (χ2v) is 5.03. The number of benzene rings is 2. The van der Waals surface area contributed by atoms with Gasteiger partial charge in [-0.25, -0.2) is 8.78 Å². The van der Waals surface area contributed by atoms with Gasteiger partial charge < -0.3 is 10.3 Å². The van der Waals surface area contributed by atoms with Crippen LogP contribution in [0.1, 0.15) is 18.0 Å². The van der Waals surface area contributed by atoms with Crippen molar-refractivity contribution in [3.8, 4) is 11.3 Å². The molecule has 0 fully saturated rings. The van der Waals surface area contributed by atoms with Gasteiger partial charge in [0, 0.05) is 11.6 Å². The molecule has 3 rings (SSSR count). The van der Waals surface area contributed by atoms with Crippen LogP contribution in [0.4, 0.5) is 8.78 Å². The molecule has 5 heteroatoms. The maximum absolute atomic E-state index is 13.6. The molecular formula is C17H14F2N2O. The largest absolute Gasteiger partial charge is 0.356 e. The Hall–Kier alpha value is -2.53. The summed E-state index contributed by atoms with van der Waals surface area (Å²) in [6, 6.07) is 7.98. The highest BCUT2D eigenvalue weighted by atomic mass is 19.1. The van der Waals surface area contributed by atoms with E-state index in [2.05, 4.69) is 11.7 Å². The van der Waals surface area contributed by atoms with Crippen molar-refractivity contribution in [1.29, 1.82) is 0 Å². The van der Waals surface area contributed by atoms with Crippen molar-refractivity contribution in [2.75, 3.05) is 0 Å². The molecule has 0 saturated carbocycles. The minimum atomic E-state index is -0.427. The van der Waals surface area contributed by atoms with E-state index in [4.69, 9.17) is 10.3 Å². The van der Waals surface area contributed by atoms with E-state index in [9.17, 15) is 8.78 Å². The second-order valence-electron chi connectivity index (χ2n) is 5.03. The lowest BCUT2D eigenvalue weighted by molar-refractivity contribution is 0.459. The number of nitrogens with zero attached hydrogens (tertiary/aromatic N) is 1. The Morgan fingerprint density at radius 3 is 2.68 bits per heavy atom. The Bertz CT molecular complexity index is 842. The summed E-state index contributed by atoms with van der Waals surface area (Å²) in [6.07, 6.45) is 2.15. The fraction of sp³-hybridized carbons (Fsp3) is 0.118. The van der Waals surface area contributed by atoms with Gasteiger partial charge in [-0.05, 0) is 48.4 Å². The van der Waals surface area contributed by atoms with Gasteiger partial charge in [-0.3, -0.25) is 0 Å². The normalized spacial score (nSPS) is 12.5. The molecule has 1 atom stereocenters. The van der Waals surface area contributed by atoms with E-state index in [1.165, 1.54) is 30.3 Å². The molecule has 0 radical (unpaired) electrons. The Kier molecular flexibility index (Phi) is 3.73. The van der Waals surface area contributed by atoms with Crippen LogP contribution in [0.5, 0.6) is 0 Å². The number of hydrogen-bond donors (Lipinski definition) is 1. The third kappa shape index (κ3) is 2.51. The summed E-state index contributed by atoms with van der Waals surface area (Å²) >= 11 is 0. The molecule has 0 spiro atoms. The molecule has 1 unspecified atom stereocenters. The average Bonchev–Trinajstić information content (AvgIpc) is 2.90. The standard InChI is InChI=1S/C17H14F2N2O/c1-2-3-15(20)13-8-10(18)4-6-12(13)17-14-9-11(19)5-7-16(14)22-21-17/h2,4-9,15H,1,3,20H2. The molecule has 0 saturated heterocycles. The van der Waals surface area contributed by atoms with E-state index in [-0.39, 0.29) is 0 Å². The minimum absolute atomic E-state index is 0.391. The molecule has 112 valence electrons. The van der Waals surface area contributed by atoms with Crippen LogP contribution in [0.2, 0.25) is 0 Å². The second kappa shape index (κ2) is 5.69. The van der Waals surface area contributed by atoms with Crippen molar-refractivity contribution >= 4 is 11.0 Å². The van der Waals surface area contributed by atoms with Crippen LogP contribution in [0, 0.1) is 11.6 Å². The fourth-order valence-corrected chi connectivity index (χ4v) is 2.47. The molecule has 3 nitrogen and oxygen atoms in total. The maximum atomic E-state index is 13.6. The highest BCUT2D eigenvalue weighted by molar-refractivity contribution is 5.92. The van der Waals surface area contributed by atoms with Crippen LogP contribution in [0.3, 0.4) is 0 Å². The van der Waals surface area contributed by atoms with Crippen molar-refractivity contribution < 1.29 is 13.3 Å². The van der Waals surface area contributed by atoms with E-state index < -0.39 is 17.7 Å². The number of halogens is 2. The van der Waals surface area contributed by atoms with Gasteiger partial charge in [0.1, 0.15) is 17.3 Å². The first-order valence-electron chi connectivity index (χ1n) is 6.81. The Labute approximate surface area is 126 Å². The Morgan fingerprint density at radius 2 is 1.91 bits per heavy atom.